The molecule has 0 heterocycles. The molecule has 122 valence electrons. The van der Waals surface area contributed by atoms with Crippen molar-refractivity contribution in [1.29, 1.82) is 0 Å². The fourth-order valence-electron chi connectivity index (χ4n) is 2.24. The number of hydrogen-bond acceptors (Lipinski definition) is 3. The molecule has 1 unspecified atom stereocenters. The summed E-state index contributed by atoms with van der Waals surface area (Å²) in [7, 11) is 0. The van der Waals surface area contributed by atoms with E-state index in [1.165, 1.54) is 17.7 Å². The van der Waals surface area contributed by atoms with Crippen LogP contribution < -0.4 is 10.1 Å². The molecule has 0 aliphatic carbocycles. The predicted molar refractivity (Wildman–Crippen MR) is 90.6 cm³/mol. The van der Waals surface area contributed by atoms with Crippen molar-refractivity contribution in [3.63, 3.8) is 0 Å². The number of aryl methyl sites for hydroxylation is 1. The van der Waals surface area contributed by atoms with Crippen molar-refractivity contribution in [2.45, 2.75) is 32.3 Å². The van der Waals surface area contributed by atoms with Gasteiger partial charge in [-0.15, -0.1) is 0 Å². The van der Waals surface area contributed by atoms with Gasteiger partial charge in [-0.05, 0) is 56.0 Å². The van der Waals surface area contributed by atoms with Crippen molar-refractivity contribution in [2.75, 3.05) is 6.54 Å². The molecule has 2 aromatic rings. The molecule has 0 aromatic heterocycles. The molecule has 2 N–H and O–H groups in total. The van der Waals surface area contributed by atoms with Crippen LogP contribution in [0.15, 0.2) is 54.6 Å². The molecule has 2 aromatic carbocycles. The highest BCUT2D eigenvalue weighted by molar-refractivity contribution is 5.80. The van der Waals surface area contributed by atoms with Crippen LogP contribution in [0.5, 0.6) is 11.5 Å². The van der Waals surface area contributed by atoms with E-state index in [2.05, 4.69) is 17.4 Å². The van der Waals surface area contributed by atoms with Crippen molar-refractivity contribution in [2.24, 2.45) is 0 Å². The second kappa shape index (κ2) is 8.83. The van der Waals surface area contributed by atoms with Crippen LogP contribution in [-0.2, 0) is 11.2 Å². The van der Waals surface area contributed by atoms with E-state index in [1.807, 2.05) is 18.2 Å². The van der Waals surface area contributed by atoms with Crippen molar-refractivity contribution in [3.8, 4) is 11.5 Å². The molecule has 4 heteroatoms. The Hall–Kier alpha value is -2.49. The van der Waals surface area contributed by atoms with E-state index in [9.17, 15) is 9.90 Å². The Morgan fingerprint density at radius 1 is 1.09 bits per heavy atom. The van der Waals surface area contributed by atoms with Gasteiger partial charge < -0.3 is 15.2 Å². The number of phenols is 1. The van der Waals surface area contributed by atoms with Gasteiger partial charge in [0, 0.05) is 6.54 Å². The van der Waals surface area contributed by atoms with Crippen LogP contribution in [0.3, 0.4) is 0 Å². The van der Waals surface area contributed by atoms with Crippen LogP contribution in [0.25, 0.3) is 0 Å². The second-order valence-corrected chi connectivity index (χ2v) is 5.49. The molecule has 0 fully saturated rings. The lowest BCUT2D eigenvalue weighted by Gasteiger charge is -2.14. The number of unbranched alkanes of at least 4 members (excludes halogenated alkanes) is 1. The van der Waals surface area contributed by atoms with Crippen LogP contribution in [0.1, 0.15) is 25.3 Å². The summed E-state index contributed by atoms with van der Waals surface area (Å²) < 4.78 is 5.53. The minimum Gasteiger partial charge on any atom is -0.508 e. The van der Waals surface area contributed by atoms with Crippen molar-refractivity contribution in [1.82, 2.24) is 5.32 Å². The number of ether oxygens (including phenoxy) is 1. The van der Waals surface area contributed by atoms with Gasteiger partial charge in [-0.2, -0.15) is 0 Å². The number of amides is 1. The van der Waals surface area contributed by atoms with E-state index >= 15 is 0 Å². The first-order valence-corrected chi connectivity index (χ1v) is 7.92. The molecule has 1 atom stereocenters. The number of benzene rings is 2. The summed E-state index contributed by atoms with van der Waals surface area (Å²) in [5.41, 5.74) is 1.32. The molecule has 0 bridgehead atoms. The standard InChI is InChI=1S/C19H23NO3/c1-15(23-18-12-10-17(21)11-13-18)19(22)20-14-6-5-9-16-7-3-2-4-8-16/h2-4,7-8,10-13,15,21H,5-6,9,14H2,1H3,(H,20,22). The van der Waals surface area contributed by atoms with Crippen LogP contribution in [0.4, 0.5) is 0 Å². The van der Waals surface area contributed by atoms with Gasteiger partial charge in [0.15, 0.2) is 6.10 Å². The Morgan fingerprint density at radius 3 is 2.48 bits per heavy atom. The number of phenolic OH excluding ortho intramolecular Hbond substituents is 1. The zero-order chi connectivity index (χ0) is 16.5. The maximum absolute atomic E-state index is 12.0. The highest BCUT2D eigenvalue weighted by atomic mass is 16.5. The highest BCUT2D eigenvalue weighted by Gasteiger charge is 2.13. The van der Waals surface area contributed by atoms with E-state index in [1.54, 1.807) is 19.1 Å². The van der Waals surface area contributed by atoms with Gasteiger partial charge in [0.2, 0.25) is 0 Å². The van der Waals surface area contributed by atoms with E-state index in [4.69, 9.17) is 4.74 Å². The van der Waals surface area contributed by atoms with Gasteiger partial charge in [0.25, 0.3) is 5.91 Å². The predicted octanol–water partition coefficient (Wildman–Crippen LogP) is 3.30. The Morgan fingerprint density at radius 2 is 1.78 bits per heavy atom. The highest BCUT2D eigenvalue weighted by Crippen LogP contribution is 2.17. The maximum Gasteiger partial charge on any atom is 0.260 e. The number of nitrogens with one attached hydrogen (secondary N) is 1. The molecule has 0 aliphatic heterocycles. The summed E-state index contributed by atoms with van der Waals surface area (Å²) in [4.78, 5) is 12.0. The molecular formula is C19H23NO3. The Bertz CT molecular complexity index is 596. The first kappa shape index (κ1) is 16.9. The summed E-state index contributed by atoms with van der Waals surface area (Å²) in [6.45, 7) is 2.36. The summed E-state index contributed by atoms with van der Waals surface area (Å²) in [5, 5.41) is 12.1. The third-order valence-electron chi connectivity index (χ3n) is 3.55. The first-order chi connectivity index (χ1) is 11.1. The molecule has 0 aliphatic rings. The third kappa shape index (κ3) is 6.02. The van der Waals surface area contributed by atoms with Crippen molar-refractivity contribution in [3.05, 3.63) is 60.2 Å². The largest absolute Gasteiger partial charge is 0.508 e. The van der Waals surface area contributed by atoms with Crippen LogP contribution >= 0.6 is 0 Å². The molecule has 4 nitrogen and oxygen atoms in total. The average Bonchev–Trinajstić information content (AvgIpc) is 2.57. The zero-order valence-electron chi connectivity index (χ0n) is 13.4. The SMILES string of the molecule is CC(Oc1ccc(O)cc1)C(=O)NCCCCc1ccccc1. The fourth-order valence-corrected chi connectivity index (χ4v) is 2.24. The summed E-state index contributed by atoms with van der Waals surface area (Å²) >= 11 is 0. The molecule has 1 amide bonds. The molecule has 0 radical (unpaired) electrons. The molecule has 0 spiro atoms. The van der Waals surface area contributed by atoms with Crippen LogP contribution in [0.2, 0.25) is 0 Å². The van der Waals surface area contributed by atoms with Crippen molar-refractivity contribution < 1.29 is 14.6 Å². The smallest absolute Gasteiger partial charge is 0.260 e. The first-order valence-electron chi connectivity index (χ1n) is 7.92. The number of carbonyl (C=O) groups excluding carboxylic acids is 1. The van der Waals surface area contributed by atoms with E-state index in [0.717, 1.165) is 19.3 Å². The second-order valence-electron chi connectivity index (χ2n) is 5.49. The average molecular weight is 313 g/mol. The number of carbonyl (C=O) groups is 1. The molecule has 0 saturated carbocycles. The lowest BCUT2D eigenvalue weighted by atomic mass is 10.1. The maximum atomic E-state index is 12.0. The molecule has 23 heavy (non-hydrogen) atoms. The Labute approximate surface area is 137 Å². The Kier molecular flexibility index (Phi) is 6.48. The lowest BCUT2D eigenvalue weighted by Crippen LogP contribution is -2.36. The van der Waals surface area contributed by atoms with E-state index < -0.39 is 6.10 Å². The number of hydrogen-bond donors (Lipinski definition) is 2. The number of aromatic hydroxyl groups is 1. The number of rotatable bonds is 8. The minimum absolute atomic E-state index is 0.127. The molecular weight excluding hydrogens is 290 g/mol. The van der Waals surface area contributed by atoms with Gasteiger partial charge in [-0.1, -0.05) is 30.3 Å². The Balaban J connectivity index is 1.63. The third-order valence-corrected chi connectivity index (χ3v) is 3.55. The summed E-state index contributed by atoms with van der Waals surface area (Å²) in [6.07, 6.45) is 2.44. The van der Waals surface area contributed by atoms with Crippen LogP contribution in [-0.4, -0.2) is 23.7 Å². The lowest BCUT2D eigenvalue weighted by molar-refractivity contribution is -0.127. The van der Waals surface area contributed by atoms with Gasteiger partial charge in [-0.3, -0.25) is 4.79 Å². The van der Waals surface area contributed by atoms with Crippen LogP contribution in [0, 0.1) is 0 Å². The van der Waals surface area contributed by atoms with Gasteiger partial charge in [0.1, 0.15) is 11.5 Å². The normalized spacial score (nSPS) is 11.7. The van der Waals surface area contributed by atoms with Gasteiger partial charge in [0.05, 0.1) is 0 Å². The molecule has 0 saturated heterocycles. The molecule has 2 rings (SSSR count). The fraction of sp³-hybridized carbons (Fsp3) is 0.316. The van der Waals surface area contributed by atoms with Gasteiger partial charge in [-0.25, -0.2) is 0 Å². The van der Waals surface area contributed by atoms with E-state index in [0.29, 0.717) is 12.3 Å². The summed E-state index contributed by atoms with van der Waals surface area (Å²) in [5.74, 6) is 0.611. The van der Waals surface area contributed by atoms with Crippen molar-refractivity contribution >= 4 is 5.91 Å². The summed E-state index contributed by atoms with van der Waals surface area (Å²) in [6, 6.07) is 16.7. The zero-order valence-corrected chi connectivity index (χ0v) is 13.4. The minimum atomic E-state index is -0.561. The quantitative estimate of drug-likeness (QED) is 0.735. The topological polar surface area (TPSA) is 58.6 Å². The monoisotopic (exact) mass is 313 g/mol. The van der Waals surface area contributed by atoms with E-state index in [-0.39, 0.29) is 11.7 Å². The van der Waals surface area contributed by atoms with Gasteiger partial charge >= 0.3 is 0 Å².